The number of methoxy groups -OCH3 is 1. The number of fused-ring (bicyclic) bond motifs is 2. The lowest BCUT2D eigenvalue weighted by Gasteiger charge is -2.40. The Balaban J connectivity index is 1.37. The molecule has 252 valence electrons. The summed E-state index contributed by atoms with van der Waals surface area (Å²) >= 11 is 1.29. The lowest BCUT2D eigenvalue weighted by molar-refractivity contribution is -0.143. The molecule has 5 rings (SSSR count). The van der Waals surface area contributed by atoms with E-state index < -0.39 is 34.2 Å². The Labute approximate surface area is 275 Å². The number of benzene rings is 1. The van der Waals surface area contributed by atoms with Crippen molar-refractivity contribution in [1.29, 1.82) is 5.41 Å². The van der Waals surface area contributed by atoms with E-state index in [4.69, 9.17) is 10.1 Å². The Kier molecular flexibility index (Phi) is 10.2. The van der Waals surface area contributed by atoms with Crippen molar-refractivity contribution < 1.29 is 37.1 Å². The van der Waals surface area contributed by atoms with Crippen LogP contribution >= 0.6 is 11.3 Å². The maximum atomic E-state index is 13.9. The van der Waals surface area contributed by atoms with Gasteiger partial charge in [0, 0.05) is 78.7 Å². The Bertz CT molecular complexity index is 1820. The molecule has 0 bridgehead atoms. The minimum atomic E-state index is -4.16. The largest absolute Gasteiger partial charge is 0.465 e. The highest BCUT2D eigenvalue weighted by Gasteiger charge is 2.39. The number of hydrogen-bond donors (Lipinski definition) is 4. The predicted molar refractivity (Wildman–Crippen MR) is 171 cm³/mol. The maximum absolute atomic E-state index is 13.9. The Morgan fingerprint density at radius 1 is 1.17 bits per heavy atom. The second kappa shape index (κ2) is 14.2. The number of carbonyl (C=O) groups excluding carboxylic acids is 4. The van der Waals surface area contributed by atoms with Gasteiger partial charge in [0.1, 0.15) is 12.4 Å². The number of rotatable bonds is 9. The van der Waals surface area contributed by atoms with E-state index in [0.29, 0.717) is 29.3 Å². The van der Waals surface area contributed by atoms with Gasteiger partial charge in [-0.1, -0.05) is 12.1 Å². The molecule has 18 heteroatoms. The number of thiazole rings is 1. The van der Waals surface area contributed by atoms with Gasteiger partial charge in [0.15, 0.2) is 5.01 Å². The van der Waals surface area contributed by atoms with E-state index in [-0.39, 0.29) is 62.0 Å². The number of amides is 3. The molecule has 0 radical (unpaired) electrons. The standard InChI is InChI=1S/C29H36N8O8S2/c1-4-45-25(39)13-32-24(38)11-21-16-35(7-8-37(21)28(40)27-33-22-9-17(2)31-12-23(22)46-27)47(42,43)36-14-19-6-5-18(10-20(19)15-36)26(30)34-29(41)44-3/h5-6,10,14-15,17,21,31H,4,7-9,11-13,16H2,1-3H3,(H,32,38)(H2,30,34,41). The van der Waals surface area contributed by atoms with Gasteiger partial charge >= 0.3 is 22.3 Å². The maximum Gasteiger partial charge on any atom is 0.412 e. The lowest BCUT2D eigenvalue weighted by atomic mass is 10.1. The number of piperazine rings is 1. The first kappa shape index (κ1) is 34.0. The molecule has 2 aliphatic heterocycles. The SMILES string of the molecule is CCOC(=O)CNC(=O)CC1CN(S(=O)(=O)n2cc3ccc(C(=N)NC(=O)OC)cc3c2)CCN1C(=O)c1nc2c(s1)CNC(C)C2. The second-order valence-electron chi connectivity index (χ2n) is 11.1. The van der Waals surface area contributed by atoms with Crippen molar-refractivity contribution in [1.82, 2.24) is 34.1 Å². The summed E-state index contributed by atoms with van der Waals surface area (Å²) in [6.07, 6.45) is 2.44. The third-order valence-electron chi connectivity index (χ3n) is 7.85. The van der Waals surface area contributed by atoms with Gasteiger partial charge < -0.3 is 25.0 Å². The quantitative estimate of drug-likeness (QED) is 0.141. The van der Waals surface area contributed by atoms with E-state index in [0.717, 1.165) is 14.5 Å². The fourth-order valence-electron chi connectivity index (χ4n) is 5.43. The van der Waals surface area contributed by atoms with Gasteiger partial charge in [0.2, 0.25) is 5.91 Å². The van der Waals surface area contributed by atoms with Crippen molar-refractivity contribution in [3.8, 4) is 0 Å². The molecule has 1 saturated heterocycles. The minimum absolute atomic E-state index is 0.00802. The van der Waals surface area contributed by atoms with Crippen molar-refractivity contribution in [3.05, 3.63) is 51.7 Å². The summed E-state index contributed by atoms with van der Waals surface area (Å²) in [7, 11) is -2.98. The summed E-state index contributed by atoms with van der Waals surface area (Å²) in [5.74, 6) is -1.76. The van der Waals surface area contributed by atoms with E-state index in [1.165, 1.54) is 40.0 Å². The van der Waals surface area contributed by atoms with Crippen LogP contribution < -0.4 is 16.0 Å². The van der Waals surface area contributed by atoms with E-state index in [1.54, 1.807) is 25.1 Å². The molecule has 2 atom stereocenters. The van der Waals surface area contributed by atoms with E-state index in [9.17, 15) is 27.6 Å². The van der Waals surface area contributed by atoms with Crippen molar-refractivity contribution in [2.24, 2.45) is 0 Å². The van der Waals surface area contributed by atoms with E-state index >= 15 is 0 Å². The van der Waals surface area contributed by atoms with Crippen LogP contribution in [0.25, 0.3) is 10.8 Å². The highest BCUT2D eigenvalue weighted by molar-refractivity contribution is 7.87. The monoisotopic (exact) mass is 688 g/mol. The van der Waals surface area contributed by atoms with Crippen molar-refractivity contribution in [2.75, 3.05) is 39.9 Å². The molecule has 0 aliphatic carbocycles. The molecule has 1 fully saturated rings. The molecule has 2 aromatic heterocycles. The van der Waals surface area contributed by atoms with Gasteiger partial charge in [-0.05, 0) is 19.9 Å². The topological polar surface area (TPSA) is 205 Å². The third kappa shape index (κ3) is 7.61. The number of aromatic nitrogens is 2. The van der Waals surface area contributed by atoms with Gasteiger partial charge in [0.05, 0.1) is 25.5 Å². The molecule has 0 spiro atoms. The van der Waals surface area contributed by atoms with Crippen LogP contribution in [0.2, 0.25) is 0 Å². The number of ether oxygens (including phenoxy) is 2. The van der Waals surface area contributed by atoms with E-state index in [2.05, 4.69) is 25.7 Å². The summed E-state index contributed by atoms with van der Waals surface area (Å²) in [6, 6.07) is 4.13. The number of nitrogens with zero attached hydrogens (tertiary/aromatic N) is 4. The molecule has 3 aromatic rings. The summed E-state index contributed by atoms with van der Waals surface area (Å²) in [5.41, 5.74) is 1.20. The number of carbonyl (C=O) groups is 4. The molecule has 47 heavy (non-hydrogen) atoms. The predicted octanol–water partition coefficient (Wildman–Crippen LogP) is 0.802. The summed E-state index contributed by atoms with van der Waals surface area (Å²) in [6.45, 7) is 3.87. The van der Waals surface area contributed by atoms with Crippen molar-refractivity contribution >= 4 is 62.0 Å². The highest BCUT2D eigenvalue weighted by atomic mass is 32.2. The van der Waals surface area contributed by atoms with Gasteiger partial charge in [-0.2, -0.15) is 12.7 Å². The van der Waals surface area contributed by atoms with Crippen LogP contribution in [0.15, 0.2) is 30.6 Å². The van der Waals surface area contributed by atoms with Crippen molar-refractivity contribution in [2.45, 2.75) is 45.3 Å². The van der Waals surface area contributed by atoms with Crippen LogP contribution in [0.3, 0.4) is 0 Å². The van der Waals surface area contributed by atoms with Crippen LogP contribution in [-0.4, -0.2) is 108 Å². The zero-order chi connectivity index (χ0) is 33.9. The normalized spacial score (nSPS) is 18.3. The molecule has 0 saturated carbocycles. The van der Waals surface area contributed by atoms with Crippen LogP contribution in [0.5, 0.6) is 0 Å². The number of alkyl carbamates (subject to hydrolysis) is 1. The summed E-state index contributed by atoms with van der Waals surface area (Å²) in [4.78, 5) is 57.1. The molecule has 2 unspecified atom stereocenters. The number of esters is 1. The average molecular weight is 689 g/mol. The summed E-state index contributed by atoms with van der Waals surface area (Å²) < 4.78 is 39.4. The fraction of sp³-hybridized carbons (Fsp3) is 0.448. The molecule has 16 nitrogen and oxygen atoms in total. The zero-order valence-corrected chi connectivity index (χ0v) is 27.7. The Hall–Kier alpha value is -4.39. The zero-order valence-electron chi connectivity index (χ0n) is 26.1. The smallest absolute Gasteiger partial charge is 0.412 e. The van der Waals surface area contributed by atoms with E-state index in [1.807, 2.05) is 6.92 Å². The van der Waals surface area contributed by atoms with Gasteiger partial charge in [-0.3, -0.25) is 25.1 Å². The van der Waals surface area contributed by atoms with Crippen LogP contribution in [0.1, 0.15) is 46.2 Å². The fourth-order valence-corrected chi connectivity index (χ4v) is 7.86. The number of amidine groups is 1. The van der Waals surface area contributed by atoms with Crippen molar-refractivity contribution in [3.63, 3.8) is 0 Å². The van der Waals surface area contributed by atoms with Gasteiger partial charge in [-0.25, -0.2) is 13.8 Å². The molecular weight excluding hydrogens is 653 g/mol. The second-order valence-corrected chi connectivity index (χ2v) is 14.0. The number of nitrogens with one attached hydrogen (secondary N) is 4. The van der Waals surface area contributed by atoms with Crippen LogP contribution in [-0.2, 0) is 42.2 Å². The van der Waals surface area contributed by atoms with Crippen LogP contribution in [0, 0.1) is 5.41 Å². The molecule has 1 aromatic carbocycles. The Morgan fingerprint density at radius 3 is 2.68 bits per heavy atom. The first-order chi connectivity index (χ1) is 22.4. The van der Waals surface area contributed by atoms with Gasteiger partial charge in [-0.15, -0.1) is 11.3 Å². The third-order valence-corrected chi connectivity index (χ3v) is 10.7. The molecule has 3 amide bonds. The number of hydrogen-bond acceptors (Lipinski definition) is 12. The first-order valence-electron chi connectivity index (χ1n) is 14.9. The molecule has 4 heterocycles. The van der Waals surface area contributed by atoms with Gasteiger partial charge in [0.25, 0.3) is 5.91 Å². The Morgan fingerprint density at radius 2 is 1.94 bits per heavy atom. The minimum Gasteiger partial charge on any atom is -0.465 e. The molecule has 2 aliphatic rings. The molecular formula is C29H36N8O8S2. The molecule has 4 N–H and O–H groups in total. The summed E-state index contributed by atoms with van der Waals surface area (Å²) in [5, 5.41) is 17.6. The lowest BCUT2D eigenvalue weighted by Crippen LogP contribution is -2.58. The first-order valence-corrected chi connectivity index (χ1v) is 17.1. The van der Waals surface area contributed by atoms with Crippen LogP contribution in [0.4, 0.5) is 4.79 Å². The average Bonchev–Trinajstić information content (AvgIpc) is 3.68. The highest BCUT2D eigenvalue weighted by Crippen LogP contribution is 2.27.